The van der Waals surface area contributed by atoms with E-state index in [4.69, 9.17) is 17.3 Å². The Hall–Kier alpha value is -0.280. The van der Waals surface area contributed by atoms with Gasteiger partial charge in [-0.05, 0) is 24.1 Å². The Labute approximate surface area is 108 Å². The molecule has 92 valence electrons. The molecule has 2 nitrogen and oxygen atoms in total. The van der Waals surface area contributed by atoms with Gasteiger partial charge in [-0.25, -0.2) is 0 Å². The largest absolute Gasteiger partial charge is 0.396 e. The molecule has 1 atom stereocenters. The summed E-state index contributed by atoms with van der Waals surface area (Å²) < 4.78 is 0. The van der Waals surface area contributed by atoms with Crippen LogP contribution in [0.2, 0.25) is 5.02 Å². The highest BCUT2D eigenvalue weighted by Crippen LogP contribution is 2.32. The molecule has 1 aromatic carbocycles. The third kappa shape index (κ3) is 3.36. The molecule has 0 aliphatic heterocycles. The Morgan fingerprint density at radius 3 is 2.44 bits per heavy atom. The third-order valence-electron chi connectivity index (χ3n) is 2.80. The molecule has 16 heavy (non-hydrogen) atoms. The smallest absolute Gasteiger partial charge is 0.0500 e. The first kappa shape index (κ1) is 15.7. The van der Waals surface area contributed by atoms with Crippen LogP contribution >= 0.6 is 24.0 Å². The second kappa shape index (κ2) is 5.87. The topological polar surface area (TPSA) is 46.2 Å². The van der Waals surface area contributed by atoms with E-state index in [0.29, 0.717) is 0 Å². The van der Waals surface area contributed by atoms with Crippen LogP contribution in [-0.4, -0.2) is 11.7 Å². The minimum Gasteiger partial charge on any atom is -0.396 e. The van der Waals surface area contributed by atoms with E-state index in [1.807, 2.05) is 39.0 Å². The summed E-state index contributed by atoms with van der Waals surface area (Å²) in [6.07, 6.45) is 0. The molecule has 0 aliphatic carbocycles. The summed E-state index contributed by atoms with van der Waals surface area (Å²) in [7, 11) is 0. The second-order valence-electron chi connectivity index (χ2n) is 4.63. The highest BCUT2D eigenvalue weighted by Gasteiger charge is 2.27. The number of hydrogen-bond donors (Lipinski definition) is 2. The van der Waals surface area contributed by atoms with Crippen LogP contribution < -0.4 is 5.73 Å². The molecule has 0 aromatic heterocycles. The summed E-state index contributed by atoms with van der Waals surface area (Å²) >= 11 is 6.03. The molecule has 0 unspecified atom stereocenters. The maximum atomic E-state index is 9.24. The second-order valence-corrected chi connectivity index (χ2v) is 5.04. The lowest BCUT2D eigenvalue weighted by atomic mass is 9.82. The number of nitrogens with two attached hydrogens (primary N) is 1. The van der Waals surface area contributed by atoms with Gasteiger partial charge in [-0.3, -0.25) is 0 Å². The molecule has 0 radical (unpaired) electrons. The van der Waals surface area contributed by atoms with Crippen molar-refractivity contribution in [3.8, 4) is 0 Å². The van der Waals surface area contributed by atoms with Crippen molar-refractivity contribution in [2.24, 2.45) is 11.1 Å². The fraction of sp³-hybridized carbons (Fsp3) is 0.500. The Balaban J connectivity index is 0.00000225. The Bertz CT molecular complexity index is 353. The van der Waals surface area contributed by atoms with Gasteiger partial charge < -0.3 is 10.8 Å². The van der Waals surface area contributed by atoms with Crippen molar-refractivity contribution in [2.75, 3.05) is 6.61 Å². The molecule has 0 saturated heterocycles. The van der Waals surface area contributed by atoms with E-state index >= 15 is 0 Å². The molecule has 1 rings (SSSR count). The van der Waals surface area contributed by atoms with Crippen LogP contribution in [0, 0.1) is 12.3 Å². The van der Waals surface area contributed by atoms with E-state index in [0.717, 1.165) is 16.1 Å². The molecule has 0 saturated carbocycles. The molecular formula is C12H19Cl2NO. The maximum Gasteiger partial charge on any atom is 0.0500 e. The van der Waals surface area contributed by atoms with Crippen LogP contribution in [0.15, 0.2) is 18.2 Å². The monoisotopic (exact) mass is 263 g/mol. The van der Waals surface area contributed by atoms with Gasteiger partial charge in [0.25, 0.3) is 0 Å². The minimum atomic E-state index is -0.335. The molecule has 0 aliphatic rings. The molecule has 3 N–H and O–H groups in total. The third-order valence-corrected chi connectivity index (χ3v) is 3.21. The Morgan fingerprint density at radius 1 is 1.44 bits per heavy atom. The quantitative estimate of drug-likeness (QED) is 0.881. The molecule has 4 heteroatoms. The molecule has 1 aromatic rings. The zero-order valence-electron chi connectivity index (χ0n) is 9.83. The molecule has 0 amide bonds. The van der Waals surface area contributed by atoms with Crippen molar-refractivity contribution >= 4 is 24.0 Å². The average molecular weight is 264 g/mol. The number of aryl methyl sites for hydroxylation is 1. The first-order chi connectivity index (χ1) is 6.88. The number of aliphatic hydroxyl groups excluding tert-OH is 1. The highest BCUT2D eigenvalue weighted by atomic mass is 35.5. The number of benzene rings is 1. The van der Waals surface area contributed by atoms with E-state index < -0.39 is 0 Å². The predicted molar refractivity (Wildman–Crippen MR) is 71.2 cm³/mol. The van der Waals surface area contributed by atoms with E-state index in [1.54, 1.807) is 0 Å². The van der Waals surface area contributed by atoms with Crippen molar-refractivity contribution in [1.82, 2.24) is 0 Å². The van der Waals surface area contributed by atoms with Gasteiger partial charge >= 0.3 is 0 Å². The van der Waals surface area contributed by atoms with Gasteiger partial charge in [-0.2, -0.15) is 0 Å². The lowest BCUT2D eigenvalue weighted by Gasteiger charge is -2.30. The van der Waals surface area contributed by atoms with Gasteiger partial charge in [-0.15, -0.1) is 12.4 Å². The van der Waals surface area contributed by atoms with Gasteiger partial charge in [0.1, 0.15) is 0 Å². The summed E-state index contributed by atoms with van der Waals surface area (Å²) in [5, 5.41) is 9.96. The first-order valence-corrected chi connectivity index (χ1v) is 5.39. The lowest BCUT2D eigenvalue weighted by Crippen LogP contribution is -2.32. The van der Waals surface area contributed by atoms with Crippen LogP contribution in [0.4, 0.5) is 0 Å². The summed E-state index contributed by atoms with van der Waals surface area (Å²) in [4.78, 5) is 0. The number of halogens is 2. The fourth-order valence-electron chi connectivity index (χ4n) is 1.35. The standard InChI is InChI=1S/C12H18ClNO.ClH/c1-8-4-5-9(6-10(8)13)11(14)12(2,3)7-15;/h4-6,11,15H,7,14H2,1-3H3;1H/t11-;/m1./s1. The van der Waals surface area contributed by atoms with Crippen LogP contribution in [-0.2, 0) is 0 Å². The van der Waals surface area contributed by atoms with Crippen molar-refractivity contribution < 1.29 is 5.11 Å². The SMILES string of the molecule is Cc1ccc([C@@H](N)C(C)(C)CO)cc1Cl.Cl. The van der Waals surface area contributed by atoms with Crippen LogP contribution in [0.5, 0.6) is 0 Å². The first-order valence-electron chi connectivity index (χ1n) is 5.01. The average Bonchev–Trinajstić information content (AvgIpc) is 2.21. The highest BCUT2D eigenvalue weighted by molar-refractivity contribution is 6.31. The number of hydrogen-bond acceptors (Lipinski definition) is 2. The van der Waals surface area contributed by atoms with Gasteiger partial charge in [0, 0.05) is 23.1 Å². The minimum absolute atomic E-state index is 0. The van der Waals surface area contributed by atoms with Crippen LogP contribution in [0.25, 0.3) is 0 Å². The normalized spacial score (nSPS) is 13.1. The summed E-state index contributed by atoms with van der Waals surface area (Å²) in [5.74, 6) is 0. The lowest BCUT2D eigenvalue weighted by molar-refractivity contribution is 0.132. The molecule has 0 bridgehead atoms. The van der Waals surface area contributed by atoms with Gasteiger partial charge in [-0.1, -0.05) is 37.6 Å². The number of aliphatic hydroxyl groups is 1. The maximum absolute atomic E-state index is 9.24. The van der Waals surface area contributed by atoms with Crippen molar-refractivity contribution in [1.29, 1.82) is 0 Å². The zero-order valence-corrected chi connectivity index (χ0v) is 11.4. The number of rotatable bonds is 3. The van der Waals surface area contributed by atoms with E-state index in [2.05, 4.69) is 0 Å². The van der Waals surface area contributed by atoms with E-state index in [9.17, 15) is 5.11 Å². The summed E-state index contributed by atoms with van der Waals surface area (Å²) in [5.41, 5.74) is 7.75. The van der Waals surface area contributed by atoms with E-state index in [1.165, 1.54) is 0 Å². The summed E-state index contributed by atoms with van der Waals surface area (Å²) in [6, 6.07) is 5.58. The summed E-state index contributed by atoms with van der Waals surface area (Å²) in [6.45, 7) is 5.88. The van der Waals surface area contributed by atoms with Crippen molar-refractivity contribution in [3.05, 3.63) is 34.3 Å². The van der Waals surface area contributed by atoms with Gasteiger partial charge in [0.05, 0.1) is 0 Å². The Kier molecular flexibility index (Phi) is 5.77. The molecule has 0 heterocycles. The van der Waals surface area contributed by atoms with E-state index in [-0.39, 0.29) is 30.5 Å². The molecular weight excluding hydrogens is 245 g/mol. The van der Waals surface area contributed by atoms with Crippen molar-refractivity contribution in [3.63, 3.8) is 0 Å². The van der Waals surface area contributed by atoms with Crippen LogP contribution in [0.3, 0.4) is 0 Å². The van der Waals surface area contributed by atoms with Gasteiger partial charge in [0.2, 0.25) is 0 Å². The van der Waals surface area contributed by atoms with Crippen LogP contribution in [0.1, 0.15) is 31.0 Å². The fourth-order valence-corrected chi connectivity index (χ4v) is 1.54. The predicted octanol–water partition coefficient (Wildman–Crippen LogP) is 3.09. The zero-order chi connectivity index (χ0) is 11.6. The van der Waals surface area contributed by atoms with Crippen molar-refractivity contribution in [2.45, 2.75) is 26.8 Å². The molecule has 0 fully saturated rings. The van der Waals surface area contributed by atoms with Gasteiger partial charge in [0.15, 0.2) is 0 Å². The Morgan fingerprint density at radius 2 is 2.00 bits per heavy atom. The molecule has 0 spiro atoms.